The molecule has 0 unspecified atom stereocenters. The first kappa shape index (κ1) is 19.9. The smallest absolute Gasteiger partial charge is 0.308 e. The topological polar surface area (TPSA) is 84.5 Å². The number of benzene rings is 2. The first-order valence-electron chi connectivity index (χ1n) is 8.66. The Bertz CT molecular complexity index is 934. The lowest BCUT2D eigenvalue weighted by Crippen LogP contribution is -2.34. The summed E-state index contributed by atoms with van der Waals surface area (Å²) in [6, 6.07) is 11.6. The molecule has 0 aromatic heterocycles. The minimum absolute atomic E-state index is 0.165. The SMILES string of the molecule is Cc1ccc(NC(=O)[C@@H](C)OC(=O)C[C@@H]2Sc3ccccc3NC2=O)cc1F. The van der Waals surface area contributed by atoms with Gasteiger partial charge in [-0.3, -0.25) is 14.4 Å². The number of nitrogens with one attached hydrogen (secondary N) is 2. The number of esters is 1. The van der Waals surface area contributed by atoms with Crippen LogP contribution in [0.4, 0.5) is 15.8 Å². The number of anilines is 2. The predicted octanol–water partition coefficient (Wildman–Crippen LogP) is 3.51. The molecule has 2 aromatic rings. The van der Waals surface area contributed by atoms with Crippen molar-refractivity contribution in [2.24, 2.45) is 0 Å². The second-order valence-electron chi connectivity index (χ2n) is 6.38. The molecule has 1 aliphatic rings. The van der Waals surface area contributed by atoms with Crippen molar-refractivity contribution in [2.45, 2.75) is 36.5 Å². The van der Waals surface area contributed by atoms with Crippen molar-refractivity contribution in [3.63, 3.8) is 0 Å². The summed E-state index contributed by atoms with van der Waals surface area (Å²) in [5.74, 6) is -1.97. The molecule has 8 heteroatoms. The molecule has 0 fully saturated rings. The van der Waals surface area contributed by atoms with Crippen LogP contribution in [-0.4, -0.2) is 29.1 Å². The van der Waals surface area contributed by atoms with Crippen LogP contribution in [0.2, 0.25) is 0 Å². The predicted molar refractivity (Wildman–Crippen MR) is 105 cm³/mol. The van der Waals surface area contributed by atoms with Crippen molar-refractivity contribution >= 4 is 40.9 Å². The van der Waals surface area contributed by atoms with Crippen molar-refractivity contribution in [1.29, 1.82) is 0 Å². The zero-order valence-corrected chi connectivity index (χ0v) is 16.1. The normalized spacial score (nSPS) is 16.5. The van der Waals surface area contributed by atoms with Crippen LogP contribution in [0.5, 0.6) is 0 Å². The highest BCUT2D eigenvalue weighted by molar-refractivity contribution is 8.01. The maximum atomic E-state index is 13.6. The number of carbonyl (C=O) groups excluding carboxylic acids is 3. The number of carbonyl (C=O) groups is 3. The van der Waals surface area contributed by atoms with Crippen molar-refractivity contribution in [2.75, 3.05) is 10.6 Å². The Hall–Kier alpha value is -2.87. The van der Waals surface area contributed by atoms with Gasteiger partial charge in [0.15, 0.2) is 6.10 Å². The molecule has 146 valence electrons. The van der Waals surface area contributed by atoms with Crippen LogP contribution < -0.4 is 10.6 Å². The lowest BCUT2D eigenvalue weighted by Gasteiger charge is -2.23. The number of hydrogen-bond acceptors (Lipinski definition) is 5. The Morgan fingerprint density at radius 1 is 1.29 bits per heavy atom. The van der Waals surface area contributed by atoms with Gasteiger partial charge in [-0.15, -0.1) is 11.8 Å². The van der Waals surface area contributed by atoms with E-state index in [-0.39, 0.29) is 18.0 Å². The number of thioether (sulfide) groups is 1. The summed E-state index contributed by atoms with van der Waals surface area (Å²) in [6.07, 6.45) is -1.25. The maximum absolute atomic E-state index is 13.6. The second-order valence-corrected chi connectivity index (χ2v) is 7.63. The molecular formula is C20H19FN2O4S. The minimum Gasteiger partial charge on any atom is -0.452 e. The van der Waals surface area contributed by atoms with Gasteiger partial charge in [0, 0.05) is 10.6 Å². The molecular weight excluding hydrogens is 383 g/mol. The van der Waals surface area contributed by atoms with Crippen LogP contribution in [0, 0.1) is 12.7 Å². The first-order valence-corrected chi connectivity index (χ1v) is 9.54. The van der Waals surface area contributed by atoms with Gasteiger partial charge in [0.25, 0.3) is 5.91 Å². The lowest BCUT2D eigenvalue weighted by atomic mass is 10.2. The van der Waals surface area contributed by atoms with Gasteiger partial charge in [0.1, 0.15) is 5.82 Å². The number of hydrogen-bond donors (Lipinski definition) is 2. The Balaban J connectivity index is 1.54. The van der Waals surface area contributed by atoms with Crippen LogP contribution in [0.3, 0.4) is 0 Å². The molecule has 1 aliphatic heterocycles. The van der Waals surface area contributed by atoms with E-state index in [4.69, 9.17) is 4.74 Å². The summed E-state index contributed by atoms with van der Waals surface area (Å²) in [6.45, 7) is 3.03. The molecule has 0 saturated heterocycles. The molecule has 0 bridgehead atoms. The number of fused-ring (bicyclic) bond motifs is 1. The Morgan fingerprint density at radius 3 is 2.79 bits per heavy atom. The van der Waals surface area contributed by atoms with Crippen molar-refractivity contribution < 1.29 is 23.5 Å². The van der Waals surface area contributed by atoms with Crippen LogP contribution in [0.15, 0.2) is 47.4 Å². The molecule has 28 heavy (non-hydrogen) atoms. The third kappa shape index (κ3) is 4.69. The highest BCUT2D eigenvalue weighted by atomic mass is 32.2. The molecule has 6 nitrogen and oxygen atoms in total. The average Bonchev–Trinajstić information content (AvgIpc) is 2.65. The third-order valence-corrected chi connectivity index (χ3v) is 5.45. The Labute approximate surface area is 165 Å². The van der Waals surface area contributed by atoms with E-state index >= 15 is 0 Å². The molecule has 2 N–H and O–H groups in total. The number of rotatable bonds is 5. The molecule has 2 amide bonds. The quantitative estimate of drug-likeness (QED) is 0.748. The zero-order valence-electron chi connectivity index (χ0n) is 15.3. The van der Waals surface area contributed by atoms with E-state index in [1.165, 1.54) is 24.8 Å². The molecule has 0 radical (unpaired) electrons. The van der Waals surface area contributed by atoms with Gasteiger partial charge in [-0.05, 0) is 43.7 Å². The van der Waals surface area contributed by atoms with Crippen molar-refractivity contribution in [1.82, 2.24) is 0 Å². The molecule has 0 spiro atoms. The minimum atomic E-state index is -1.08. The van der Waals surface area contributed by atoms with Gasteiger partial charge in [-0.25, -0.2) is 4.39 Å². The van der Waals surface area contributed by atoms with E-state index in [0.29, 0.717) is 11.3 Å². The number of ether oxygens (including phenoxy) is 1. The van der Waals surface area contributed by atoms with Crippen LogP contribution in [0.25, 0.3) is 0 Å². The van der Waals surface area contributed by atoms with E-state index in [1.54, 1.807) is 25.1 Å². The standard InChI is InChI=1S/C20H19FN2O4S/c1-11-7-8-13(9-14(11)21)22-19(25)12(2)27-18(24)10-17-20(26)23-15-5-3-4-6-16(15)28-17/h3-9,12,17H,10H2,1-2H3,(H,22,25)(H,23,26)/t12-,17+/m1/s1. The summed E-state index contributed by atoms with van der Waals surface area (Å²) < 4.78 is 18.7. The molecule has 2 atom stereocenters. The highest BCUT2D eigenvalue weighted by Crippen LogP contribution is 2.36. The van der Waals surface area contributed by atoms with E-state index in [2.05, 4.69) is 10.6 Å². The number of para-hydroxylation sites is 1. The van der Waals surface area contributed by atoms with Gasteiger partial charge in [-0.1, -0.05) is 18.2 Å². The van der Waals surface area contributed by atoms with Crippen molar-refractivity contribution in [3.8, 4) is 0 Å². The van der Waals surface area contributed by atoms with Crippen LogP contribution in [0.1, 0.15) is 18.9 Å². The Kier molecular flexibility index (Phi) is 5.99. The summed E-state index contributed by atoms with van der Waals surface area (Å²) >= 11 is 1.28. The van der Waals surface area contributed by atoms with Crippen LogP contribution >= 0.6 is 11.8 Å². The van der Waals surface area contributed by atoms with Gasteiger partial charge < -0.3 is 15.4 Å². The summed E-state index contributed by atoms with van der Waals surface area (Å²) in [4.78, 5) is 37.4. The highest BCUT2D eigenvalue weighted by Gasteiger charge is 2.30. The van der Waals surface area contributed by atoms with Gasteiger partial charge >= 0.3 is 5.97 Å². The number of aryl methyl sites for hydroxylation is 1. The molecule has 2 aromatic carbocycles. The molecule has 0 saturated carbocycles. The fourth-order valence-electron chi connectivity index (χ4n) is 2.59. The fourth-order valence-corrected chi connectivity index (χ4v) is 3.69. The van der Waals surface area contributed by atoms with Gasteiger partial charge in [0.05, 0.1) is 17.4 Å². The summed E-state index contributed by atoms with van der Waals surface area (Å²) in [7, 11) is 0. The fraction of sp³-hybridized carbons (Fsp3) is 0.250. The van der Waals surface area contributed by atoms with Gasteiger partial charge in [-0.2, -0.15) is 0 Å². The Morgan fingerprint density at radius 2 is 2.04 bits per heavy atom. The van der Waals surface area contributed by atoms with E-state index in [0.717, 1.165) is 4.90 Å². The van der Waals surface area contributed by atoms with E-state index < -0.39 is 29.0 Å². The number of halogens is 1. The van der Waals surface area contributed by atoms with Crippen molar-refractivity contribution in [3.05, 3.63) is 53.8 Å². The maximum Gasteiger partial charge on any atom is 0.308 e. The zero-order chi connectivity index (χ0) is 20.3. The third-order valence-electron chi connectivity index (χ3n) is 4.18. The number of amides is 2. The van der Waals surface area contributed by atoms with Gasteiger partial charge in [0.2, 0.25) is 5.91 Å². The average molecular weight is 402 g/mol. The summed E-state index contributed by atoms with van der Waals surface area (Å²) in [5, 5.41) is 4.62. The van der Waals surface area contributed by atoms with Crippen LogP contribution in [-0.2, 0) is 19.1 Å². The lowest BCUT2D eigenvalue weighted by molar-refractivity contribution is -0.153. The summed E-state index contributed by atoms with van der Waals surface area (Å²) in [5.41, 5.74) is 1.44. The molecule has 0 aliphatic carbocycles. The second kappa shape index (κ2) is 8.43. The molecule has 3 rings (SSSR count). The van der Waals surface area contributed by atoms with E-state index in [1.807, 2.05) is 18.2 Å². The monoisotopic (exact) mass is 402 g/mol. The largest absolute Gasteiger partial charge is 0.452 e. The van der Waals surface area contributed by atoms with E-state index in [9.17, 15) is 18.8 Å². The molecule has 1 heterocycles. The first-order chi connectivity index (χ1) is 13.3.